The first-order chi connectivity index (χ1) is 8.63. The summed E-state index contributed by atoms with van der Waals surface area (Å²) in [6, 6.07) is -1.39. The fourth-order valence-corrected chi connectivity index (χ4v) is 1.80. The highest BCUT2D eigenvalue weighted by Crippen LogP contribution is 2.11. The summed E-state index contributed by atoms with van der Waals surface area (Å²) >= 11 is 0. The third-order valence-electron chi connectivity index (χ3n) is 2.81. The molecule has 0 bridgehead atoms. The molecular formula is C12H20N2O4. The topological polar surface area (TPSA) is 87.7 Å². The summed E-state index contributed by atoms with van der Waals surface area (Å²) in [6.07, 6.45) is 3.70. The molecule has 0 aromatic heterocycles. The fraction of sp³-hybridized carbons (Fsp3) is 0.667. The molecule has 0 aromatic carbocycles. The number of carboxylic acids is 1. The molecule has 6 nitrogen and oxygen atoms in total. The molecule has 0 radical (unpaired) electrons. The van der Waals surface area contributed by atoms with Crippen molar-refractivity contribution in [3.63, 3.8) is 0 Å². The minimum atomic E-state index is -1.06. The maximum absolute atomic E-state index is 11.5. The number of carbonyl (C=O) groups excluding carboxylic acids is 1. The van der Waals surface area contributed by atoms with E-state index in [0.717, 1.165) is 19.4 Å². The van der Waals surface area contributed by atoms with Gasteiger partial charge in [0.1, 0.15) is 6.04 Å². The molecule has 6 heteroatoms. The number of rotatable bonds is 6. The minimum absolute atomic E-state index is 0.204. The SMILES string of the molecule is C=CCC(NC(=O)NCC1CCCOC1)C(=O)O. The third kappa shape index (κ3) is 5.18. The van der Waals surface area contributed by atoms with Gasteiger partial charge in [-0.25, -0.2) is 9.59 Å². The van der Waals surface area contributed by atoms with E-state index in [4.69, 9.17) is 9.84 Å². The predicted octanol–water partition coefficient (Wildman–Crippen LogP) is 0.742. The zero-order valence-corrected chi connectivity index (χ0v) is 10.4. The lowest BCUT2D eigenvalue weighted by atomic mass is 10.0. The molecule has 1 fully saturated rings. The van der Waals surface area contributed by atoms with Gasteiger partial charge in [-0.15, -0.1) is 6.58 Å². The summed E-state index contributed by atoms with van der Waals surface area (Å²) in [4.78, 5) is 22.3. The number of nitrogens with one attached hydrogen (secondary N) is 2. The summed E-state index contributed by atoms with van der Waals surface area (Å²) in [5.41, 5.74) is 0. The first-order valence-electron chi connectivity index (χ1n) is 6.09. The predicted molar refractivity (Wildman–Crippen MR) is 66.3 cm³/mol. The van der Waals surface area contributed by atoms with Gasteiger partial charge in [0.15, 0.2) is 0 Å². The fourth-order valence-electron chi connectivity index (χ4n) is 1.80. The first-order valence-corrected chi connectivity index (χ1v) is 6.09. The third-order valence-corrected chi connectivity index (χ3v) is 2.81. The van der Waals surface area contributed by atoms with Gasteiger partial charge in [-0.05, 0) is 25.2 Å². The van der Waals surface area contributed by atoms with Gasteiger partial charge in [-0.1, -0.05) is 6.08 Å². The number of hydrogen-bond donors (Lipinski definition) is 3. The van der Waals surface area contributed by atoms with E-state index in [1.54, 1.807) is 0 Å². The normalized spacial score (nSPS) is 20.8. The van der Waals surface area contributed by atoms with Crippen LogP contribution in [0.4, 0.5) is 4.79 Å². The molecule has 3 N–H and O–H groups in total. The zero-order valence-electron chi connectivity index (χ0n) is 10.4. The van der Waals surface area contributed by atoms with Crippen LogP contribution in [0, 0.1) is 5.92 Å². The average molecular weight is 256 g/mol. The molecule has 1 saturated heterocycles. The van der Waals surface area contributed by atoms with Crippen LogP contribution in [-0.4, -0.2) is 42.9 Å². The van der Waals surface area contributed by atoms with E-state index < -0.39 is 18.0 Å². The van der Waals surface area contributed by atoms with Crippen LogP contribution < -0.4 is 10.6 Å². The molecule has 0 aliphatic carbocycles. The van der Waals surface area contributed by atoms with E-state index in [1.165, 1.54) is 6.08 Å². The van der Waals surface area contributed by atoms with Crippen molar-refractivity contribution in [2.45, 2.75) is 25.3 Å². The Hall–Kier alpha value is -1.56. The maximum Gasteiger partial charge on any atom is 0.326 e. The minimum Gasteiger partial charge on any atom is -0.480 e. The van der Waals surface area contributed by atoms with Crippen molar-refractivity contribution in [1.29, 1.82) is 0 Å². The lowest BCUT2D eigenvalue weighted by molar-refractivity contribution is -0.139. The van der Waals surface area contributed by atoms with Crippen molar-refractivity contribution in [2.75, 3.05) is 19.8 Å². The molecule has 18 heavy (non-hydrogen) atoms. The Morgan fingerprint density at radius 3 is 2.89 bits per heavy atom. The van der Waals surface area contributed by atoms with Crippen molar-refractivity contribution in [3.8, 4) is 0 Å². The smallest absolute Gasteiger partial charge is 0.326 e. The second kappa shape index (κ2) is 7.71. The summed E-state index contributed by atoms with van der Waals surface area (Å²) in [7, 11) is 0. The van der Waals surface area contributed by atoms with Gasteiger partial charge < -0.3 is 20.5 Å². The molecule has 2 atom stereocenters. The molecule has 0 aromatic rings. The van der Waals surface area contributed by atoms with E-state index >= 15 is 0 Å². The lowest BCUT2D eigenvalue weighted by Crippen LogP contribution is -2.47. The van der Waals surface area contributed by atoms with Gasteiger partial charge >= 0.3 is 12.0 Å². The molecule has 102 valence electrons. The molecular weight excluding hydrogens is 236 g/mol. The van der Waals surface area contributed by atoms with Crippen molar-refractivity contribution in [3.05, 3.63) is 12.7 Å². The average Bonchev–Trinajstić information content (AvgIpc) is 2.37. The lowest BCUT2D eigenvalue weighted by Gasteiger charge is -2.22. The number of carbonyl (C=O) groups is 2. The van der Waals surface area contributed by atoms with Gasteiger partial charge in [0, 0.05) is 13.2 Å². The van der Waals surface area contributed by atoms with Crippen molar-refractivity contribution >= 4 is 12.0 Å². The van der Waals surface area contributed by atoms with Crippen molar-refractivity contribution < 1.29 is 19.4 Å². The molecule has 1 aliphatic rings. The molecule has 0 saturated carbocycles. The summed E-state index contributed by atoms with van der Waals surface area (Å²) < 4.78 is 5.29. The Balaban J connectivity index is 2.26. The van der Waals surface area contributed by atoms with Gasteiger partial charge in [-0.3, -0.25) is 0 Å². The second-order valence-electron chi connectivity index (χ2n) is 4.35. The highest BCUT2D eigenvalue weighted by molar-refractivity contribution is 5.82. The van der Waals surface area contributed by atoms with Crippen molar-refractivity contribution in [2.24, 2.45) is 5.92 Å². The Kier molecular flexibility index (Phi) is 6.21. The first kappa shape index (κ1) is 14.5. The Morgan fingerprint density at radius 1 is 1.56 bits per heavy atom. The zero-order chi connectivity index (χ0) is 13.4. The number of ether oxygens (including phenoxy) is 1. The number of amides is 2. The Morgan fingerprint density at radius 2 is 2.33 bits per heavy atom. The molecule has 1 rings (SSSR count). The maximum atomic E-state index is 11.5. The van der Waals surface area contributed by atoms with Crippen LogP contribution >= 0.6 is 0 Å². The standard InChI is InChI=1S/C12H20N2O4/c1-2-4-10(11(15)16)14-12(17)13-7-9-5-3-6-18-8-9/h2,9-10H,1,3-8H2,(H,15,16)(H2,13,14,17). The number of carboxylic acid groups (broad SMARTS) is 1. The van der Waals surface area contributed by atoms with Gasteiger partial charge in [0.05, 0.1) is 6.61 Å². The Labute approximate surface area is 106 Å². The second-order valence-corrected chi connectivity index (χ2v) is 4.35. The van der Waals surface area contributed by atoms with E-state index in [9.17, 15) is 9.59 Å². The van der Waals surface area contributed by atoms with Crippen LogP contribution in [0.15, 0.2) is 12.7 Å². The van der Waals surface area contributed by atoms with Crippen LogP contribution in [0.5, 0.6) is 0 Å². The highest BCUT2D eigenvalue weighted by Gasteiger charge is 2.19. The van der Waals surface area contributed by atoms with Gasteiger partial charge in [0.25, 0.3) is 0 Å². The monoisotopic (exact) mass is 256 g/mol. The van der Waals surface area contributed by atoms with E-state index in [-0.39, 0.29) is 6.42 Å². The van der Waals surface area contributed by atoms with E-state index in [0.29, 0.717) is 19.1 Å². The number of aliphatic carboxylic acids is 1. The summed E-state index contributed by atoms with van der Waals surface area (Å²) in [6.45, 7) is 5.39. The molecule has 2 amide bonds. The summed E-state index contributed by atoms with van der Waals surface area (Å²) in [5, 5.41) is 13.9. The number of urea groups is 1. The molecule has 2 unspecified atom stereocenters. The number of hydrogen-bond acceptors (Lipinski definition) is 3. The quantitative estimate of drug-likeness (QED) is 0.612. The van der Waals surface area contributed by atoms with Crippen LogP contribution in [0.2, 0.25) is 0 Å². The van der Waals surface area contributed by atoms with Crippen LogP contribution in [0.1, 0.15) is 19.3 Å². The van der Waals surface area contributed by atoms with Crippen LogP contribution in [0.3, 0.4) is 0 Å². The largest absolute Gasteiger partial charge is 0.480 e. The van der Waals surface area contributed by atoms with Crippen LogP contribution in [0.25, 0.3) is 0 Å². The Bertz CT molecular complexity index is 300. The van der Waals surface area contributed by atoms with Crippen molar-refractivity contribution in [1.82, 2.24) is 10.6 Å². The van der Waals surface area contributed by atoms with E-state index in [1.807, 2.05) is 0 Å². The molecule has 0 spiro atoms. The molecule has 1 aliphatic heterocycles. The van der Waals surface area contributed by atoms with Crippen LogP contribution in [-0.2, 0) is 9.53 Å². The van der Waals surface area contributed by atoms with E-state index in [2.05, 4.69) is 17.2 Å². The molecule has 1 heterocycles. The highest BCUT2D eigenvalue weighted by atomic mass is 16.5. The van der Waals surface area contributed by atoms with Gasteiger partial charge in [-0.2, -0.15) is 0 Å². The van der Waals surface area contributed by atoms with Gasteiger partial charge in [0.2, 0.25) is 0 Å². The summed E-state index contributed by atoms with van der Waals surface area (Å²) in [5.74, 6) is -0.752.